The second-order valence-electron chi connectivity index (χ2n) is 6.98. The van der Waals surface area contributed by atoms with Crippen LogP contribution in [0.5, 0.6) is 0 Å². The molecule has 1 aliphatic rings. The number of carbonyl (C=O) groups excluding carboxylic acids is 2. The van der Waals surface area contributed by atoms with E-state index in [9.17, 15) is 9.59 Å². The number of nitrogens with one attached hydrogen (secondary N) is 1. The van der Waals surface area contributed by atoms with Crippen LogP contribution < -0.4 is 5.32 Å². The van der Waals surface area contributed by atoms with Gasteiger partial charge in [0.25, 0.3) is 0 Å². The number of nitrogens with zero attached hydrogens (tertiary/aromatic N) is 1. The summed E-state index contributed by atoms with van der Waals surface area (Å²) in [5, 5.41) is 3.37. The van der Waals surface area contributed by atoms with E-state index in [0.717, 1.165) is 36.5 Å². The largest absolute Gasteiger partial charge is 0.465 e. The highest BCUT2D eigenvalue weighted by Gasteiger charge is 2.29. The van der Waals surface area contributed by atoms with Crippen molar-refractivity contribution in [1.29, 1.82) is 0 Å². The molecular formula is C23H22N2O4S. The van der Waals surface area contributed by atoms with E-state index < -0.39 is 5.97 Å². The van der Waals surface area contributed by atoms with Crippen LogP contribution in [0, 0.1) is 0 Å². The molecule has 0 radical (unpaired) electrons. The maximum Gasteiger partial charge on any atom is 0.341 e. The van der Waals surface area contributed by atoms with Gasteiger partial charge in [0.05, 0.1) is 18.9 Å². The lowest BCUT2D eigenvalue weighted by atomic mass is 10.0. The second-order valence-corrected chi connectivity index (χ2v) is 8.09. The van der Waals surface area contributed by atoms with Crippen LogP contribution in [0.3, 0.4) is 0 Å². The first kappa shape index (κ1) is 20.1. The van der Waals surface area contributed by atoms with Crippen molar-refractivity contribution in [2.45, 2.75) is 19.5 Å². The van der Waals surface area contributed by atoms with E-state index in [-0.39, 0.29) is 5.91 Å². The van der Waals surface area contributed by atoms with Gasteiger partial charge in [-0.25, -0.2) is 4.79 Å². The summed E-state index contributed by atoms with van der Waals surface area (Å²) in [4.78, 5) is 28.3. The number of carbonyl (C=O) groups is 2. The van der Waals surface area contributed by atoms with E-state index in [1.165, 1.54) is 30.1 Å². The fourth-order valence-corrected chi connectivity index (χ4v) is 4.82. The highest BCUT2D eigenvalue weighted by Crippen LogP contribution is 2.38. The monoisotopic (exact) mass is 422 g/mol. The van der Waals surface area contributed by atoms with E-state index >= 15 is 0 Å². The normalized spacial score (nSPS) is 13.9. The number of hydrogen-bond acceptors (Lipinski definition) is 6. The first-order valence-electron chi connectivity index (χ1n) is 9.65. The van der Waals surface area contributed by atoms with Gasteiger partial charge in [0, 0.05) is 30.6 Å². The van der Waals surface area contributed by atoms with E-state index in [4.69, 9.17) is 9.15 Å². The molecule has 6 nitrogen and oxygen atoms in total. The number of hydrogen-bond donors (Lipinski definition) is 1. The molecule has 0 aliphatic carbocycles. The Balaban J connectivity index is 1.53. The van der Waals surface area contributed by atoms with Crippen LogP contribution in [0.4, 0.5) is 5.00 Å². The van der Waals surface area contributed by atoms with Gasteiger partial charge < -0.3 is 14.5 Å². The van der Waals surface area contributed by atoms with Gasteiger partial charge in [0.15, 0.2) is 0 Å². The summed E-state index contributed by atoms with van der Waals surface area (Å²) >= 11 is 1.44. The minimum Gasteiger partial charge on any atom is -0.465 e. The summed E-state index contributed by atoms with van der Waals surface area (Å²) in [7, 11) is 1.36. The van der Waals surface area contributed by atoms with Crippen LogP contribution in [-0.4, -0.2) is 30.4 Å². The van der Waals surface area contributed by atoms with Crippen molar-refractivity contribution < 1.29 is 18.7 Å². The van der Waals surface area contributed by atoms with E-state index in [0.29, 0.717) is 16.3 Å². The molecule has 1 aliphatic heterocycles. The molecule has 3 aromatic rings. The maximum absolute atomic E-state index is 12.5. The Morgan fingerprint density at radius 1 is 1.23 bits per heavy atom. The summed E-state index contributed by atoms with van der Waals surface area (Å²) in [6, 6.07) is 13.8. The van der Waals surface area contributed by atoms with Gasteiger partial charge in [-0.3, -0.25) is 9.69 Å². The number of ether oxygens (including phenoxy) is 1. The minimum absolute atomic E-state index is 0.323. The molecule has 1 amide bonds. The van der Waals surface area contributed by atoms with Gasteiger partial charge in [-0.1, -0.05) is 30.3 Å². The molecule has 0 fully saturated rings. The molecule has 4 rings (SSSR count). The lowest BCUT2D eigenvalue weighted by molar-refractivity contribution is -0.111. The first-order valence-corrected chi connectivity index (χ1v) is 10.5. The third-order valence-electron chi connectivity index (χ3n) is 4.95. The van der Waals surface area contributed by atoms with Crippen LogP contribution in [0.2, 0.25) is 0 Å². The number of amides is 1. The SMILES string of the molecule is COC(=O)c1c(NC(=O)/C=C/c2ccco2)sc2c1CCN(Cc1ccccc1)C2. The Hall–Kier alpha value is -3.16. The number of benzene rings is 1. The Bertz CT molecular complexity index is 1050. The van der Waals surface area contributed by atoms with Gasteiger partial charge in [0.1, 0.15) is 10.8 Å². The Morgan fingerprint density at radius 2 is 2.07 bits per heavy atom. The zero-order valence-electron chi connectivity index (χ0n) is 16.6. The third kappa shape index (κ3) is 4.53. The molecule has 0 spiro atoms. The minimum atomic E-state index is -0.422. The molecule has 2 aromatic heterocycles. The fraction of sp³-hybridized carbons (Fsp3) is 0.217. The number of thiophene rings is 1. The number of methoxy groups -OCH3 is 1. The standard InChI is InChI=1S/C23H22N2O4S/c1-28-23(27)21-18-11-12-25(14-16-6-3-2-4-7-16)15-19(18)30-22(21)24-20(26)10-9-17-8-5-13-29-17/h2-10,13H,11-12,14-15H2,1H3,(H,24,26)/b10-9+. The van der Waals surface area contributed by atoms with Gasteiger partial charge in [-0.15, -0.1) is 11.3 Å². The summed E-state index contributed by atoms with van der Waals surface area (Å²) in [5.74, 6) is -0.161. The average molecular weight is 423 g/mol. The number of esters is 1. The highest BCUT2D eigenvalue weighted by atomic mass is 32.1. The Labute approximate surface area is 178 Å². The molecule has 0 bridgehead atoms. The van der Waals surface area contributed by atoms with E-state index in [1.54, 1.807) is 24.5 Å². The molecule has 1 aromatic carbocycles. The third-order valence-corrected chi connectivity index (χ3v) is 6.09. The van der Waals surface area contributed by atoms with Crippen molar-refractivity contribution >= 4 is 34.3 Å². The smallest absolute Gasteiger partial charge is 0.341 e. The van der Waals surface area contributed by atoms with E-state index in [1.807, 2.05) is 18.2 Å². The molecule has 30 heavy (non-hydrogen) atoms. The molecule has 154 valence electrons. The molecule has 0 unspecified atom stereocenters. The van der Waals surface area contributed by atoms with Crippen LogP contribution in [0.15, 0.2) is 59.2 Å². The maximum atomic E-state index is 12.5. The molecule has 3 heterocycles. The van der Waals surface area contributed by atoms with Crippen molar-refractivity contribution in [3.05, 3.63) is 82.1 Å². The zero-order chi connectivity index (χ0) is 20.9. The van der Waals surface area contributed by atoms with Crippen molar-refractivity contribution in [3.8, 4) is 0 Å². The number of rotatable bonds is 6. The lowest BCUT2D eigenvalue weighted by Crippen LogP contribution is -2.29. The molecule has 7 heteroatoms. The van der Waals surface area contributed by atoms with Crippen LogP contribution in [-0.2, 0) is 29.0 Å². The number of fused-ring (bicyclic) bond motifs is 1. The van der Waals surface area contributed by atoms with Gasteiger partial charge >= 0.3 is 5.97 Å². The van der Waals surface area contributed by atoms with Crippen molar-refractivity contribution in [2.24, 2.45) is 0 Å². The van der Waals surface area contributed by atoms with Crippen LogP contribution >= 0.6 is 11.3 Å². The summed E-state index contributed by atoms with van der Waals surface area (Å²) in [6.45, 7) is 2.42. The van der Waals surface area contributed by atoms with Crippen molar-refractivity contribution in [1.82, 2.24) is 4.90 Å². The molecular weight excluding hydrogens is 400 g/mol. The Kier molecular flexibility index (Phi) is 6.11. The molecule has 0 saturated heterocycles. The molecule has 0 atom stereocenters. The van der Waals surface area contributed by atoms with Gasteiger partial charge in [-0.2, -0.15) is 0 Å². The van der Waals surface area contributed by atoms with Crippen molar-refractivity contribution in [3.63, 3.8) is 0 Å². The average Bonchev–Trinajstić information content (AvgIpc) is 3.39. The summed E-state index contributed by atoms with van der Waals surface area (Å²) < 4.78 is 10.2. The predicted molar refractivity (Wildman–Crippen MR) is 116 cm³/mol. The fourth-order valence-electron chi connectivity index (χ4n) is 3.54. The Morgan fingerprint density at radius 3 is 2.80 bits per heavy atom. The molecule has 0 saturated carbocycles. The predicted octanol–water partition coefficient (Wildman–Crippen LogP) is 4.34. The lowest BCUT2D eigenvalue weighted by Gasteiger charge is -2.27. The zero-order valence-corrected chi connectivity index (χ0v) is 17.4. The first-order chi connectivity index (χ1) is 14.6. The summed E-state index contributed by atoms with van der Waals surface area (Å²) in [5.41, 5.74) is 2.69. The van der Waals surface area contributed by atoms with Gasteiger partial charge in [0.2, 0.25) is 5.91 Å². The van der Waals surface area contributed by atoms with E-state index in [2.05, 4.69) is 22.3 Å². The topological polar surface area (TPSA) is 71.8 Å². The van der Waals surface area contributed by atoms with Crippen LogP contribution in [0.1, 0.15) is 32.1 Å². The quantitative estimate of drug-likeness (QED) is 0.473. The number of anilines is 1. The highest BCUT2D eigenvalue weighted by molar-refractivity contribution is 7.17. The molecule has 1 N–H and O–H groups in total. The van der Waals surface area contributed by atoms with Crippen LogP contribution in [0.25, 0.3) is 6.08 Å². The number of furan rings is 1. The van der Waals surface area contributed by atoms with Crippen molar-refractivity contribution in [2.75, 3.05) is 19.0 Å². The second kappa shape index (κ2) is 9.11. The summed E-state index contributed by atoms with van der Waals surface area (Å²) in [6.07, 6.45) is 5.26. The van der Waals surface area contributed by atoms with Gasteiger partial charge in [-0.05, 0) is 35.8 Å².